The summed E-state index contributed by atoms with van der Waals surface area (Å²) in [7, 11) is 1.44. The molecule has 1 aliphatic heterocycles. The van der Waals surface area contributed by atoms with Crippen LogP contribution >= 0.6 is 11.6 Å². The molecule has 21 heavy (non-hydrogen) atoms. The molecule has 0 amide bonds. The Hall–Kier alpha value is -1.81. The van der Waals surface area contributed by atoms with Gasteiger partial charge in [0.15, 0.2) is 0 Å². The van der Waals surface area contributed by atoms with Gasteiger partial charge in [0.25, 0.3) is 0 Å². The second kappa shape index (κ2) is 5.90. The maximum absolute atomic E-state index is 11.7. The molecular weight excluding hydrogens is 288 g/mol. The zero-order valence-corrected chi connectivity index (χ0v) is 12.6. The second-order valence-corrected chi connectivity index (χ2v) is 5.66. The van der Waals surface area contributed by atoms with Crippen molar-refractivity contribution in [3.05, 3.63) is 35.5 Å². The van der Waals surface area contributed by atoms with E-state index in [2.05, 4.69) is 9.88 Å². The maximum Gasteiger partial charge on any atom is 0.310 e. The molecule has 2 heterocycles. The molecule has 2 aromatic rings. The summed E-state index contributed by atoms with van der Waals surface area (Å²) in [4.78, 5) is 18.3. The number of carbonyl (C=O) groups excluding carboxylic acids is 1. The van der Waals surface area contributed by atoms with Crippen molar-refractivity contribution in [3.63, 3.8) is 0 Å². The summed E-state index contributed by atoms with van der Waals surface area (Å²) in [6, 6.07) is 9.94. The number of hydrogen-bond donors (Lipinski definition) is 0. The van der Waals surface area contributed by atoms with Crippen LogP contribution in [-0.4, -0.2) is 31.2 Å². The average Bonchev–Trinajstić information content (AvgIpc) is 2.54. The van der Waals surface area contributed by atoms with E-state index < -0.39 is 0 Å². The van der Waals surface area contributed by atoms with E-state index in [9.17, 15) is 4.79 Å². The molecule has 1 atom stereocenters. The van der Waals surface area contributed by atoms with Crippen molar-refractivity contribution in [2.75, 3.05) is 25.1 Å². The number of hydrogen-bond acceptors (Lipinski definition) is 4. The smallest absolute Gasteiger partial charge is 0.310 e. The number of aromatic nitrogens is 1. The lowest BCUT2D eigenvalue weighted by Crippen LogP contribution is -2.39. The average molecular weight is 305 g/mol. The fourth-order valence-electron chi connectivity index (χ4n) is 2.85. The molecule has 1 fully saturated rings. The van der Waals surface area contributed by atoms with Gasteiger partial charge in [-0.05, 0) is 24.3 Å². The van der Waals surface area contributed by atoms with Gasteiger partial charge in [-0.2, -0.15) is 0 Å². The van der Waals surface area contributed by atoms with E-state index in [0.29, 0.717) is 11.7 Å². The summed E-state index contributed by atoms with van der Waals surface area (Å²) in [6.45, 7) is 1.52. The van der Waals surface area contributed by atoms with Gasteiger partial charge in [0.05, 0.1) is 13.0 Å². The van der Waals surface area contributed by atoms with Crippen LogP contribution in [0.5, 0.6) is 0 Å². The van der Waals surface area contributed by atoms with E-state index in [1.807, 2.05) is 30.3 Å². The fraction of sp³-hybridized carbons (Fsp3) is 0.375. The van der Waals surface area contributed by atoms with Gasteiger partial charge in [-0.15, -0.1) is 0 Å². The van der Waals surface area contributed by atoms with E-state index >= 15 is 0 Å². The highest BCUT2D eigenvalue weighted by Crippen LogP contribution is 2.29. The number of ether oxygens (including phenoxy) is 1. The van der Waals surface area contributed by atoms with Gasteiger partial charge in [-0.3, -0.25) is 4.79 Å². The summed E-state index contributed by atoms with van der Waals surface area (Å²) < 4.78 is 4.86. The second-order valence-electron chi connectivity index (χ2n) is 5.30. The van der Waals surface area contributed by atoms with Crippen LogP contribution in [-0.2, 0) is 9.53 Å². The Balaban J connectivity index is 1.91. The normalized spacial score (nSPS) is 18.8. The quantitative estimate of drug-likeness (QED) is 0.631. The number of carbonyl (C=O) groups is 1. The van der Waals surface area contributed by atoms with Gasteiger partial charge in [0.2, 0.25) is 0 Å². The van der Waals surface area contributed by atoms with E-state index in [1.54, 1.807) is 0 Å². The number of nitrogens with zero attached hydrogens (tertiary/aromatic N) is 2. The molecule has 0 bridgehead atoms. The lowest BCUT2D eigenvalue weighted by atomic mass is 9.98. The molecule has 0 unspecified atom stereocenters. The Bertz CT molecular complexity index is 674. The highest BCUT2D eigenvalue weighted by molar-refractivity contribution is 6.34. The van der Waals surface area contributed by atoms with E-state index in [1.165, 1.54) is 7.11 Å². The molecule has 0 N–H and O–H groups in total. The van der Waals surface area contributed by atoms with E-state index in [4.69, 9.17) is 16.3 Å². The Morgan fingerprint density at radius 3 is 3.05 bits per heavy atom. The Morgan fingerprint density at radius 2 is 2.24 bits per heavy atom. The Kier molecular flexibility index (Phi) is 3.97. The predicted molar refractivity (Wildman–Crippen MR) is 83.7 cm³/mol. The first-order valence-corrected chi connectivity index (χ1v) is 7.45. The number of halogens is 1. The highest BCUT2D eigenvalue weighted by atomic mass is 35.5. The third-order valence-electron chi connectivity index (χ3n) is 3.96. The van der Waals surface area contributed by atoms with Gasteiger partial charge in [0, 0.05) is 18.5 Å². The third kappa shape index (κ3) is 2.81. The topological polar surface area (TPSA) is 42.4 Å². The van der Waals surface area contributed by atoms with Gasteiger partial charge < -0.3 is 9.64 Å². The molecule has 4 nitrogen and oxygen atoms in total. The molecule has 110 valence electrons. The van der Waals surface area contributed by atoms with Crippen LogP contribution in [0, 0.1) is 5.92 Å². The Labute approximate surface area is 128 Å². The van der Waals surface area contributed by atoms with Gasteiger partial charge in [0.1, 0.15) is 11.0 Å². The number of benzene rings is 1. The molecule has 0 aliphatic carbocycles. The highest BCUT2D eigenvalue weighted by Gasteiger charge is 2.27. The zero-order valence-electron chi connectivity index (χ0n) is 11.9. The number of fused-ring (bicyclic) bond motifs is 1. The summed E-state index contributed by atoms with van der Waals surface area (Å²) in [6.07, 6.45) is 1.82. The lowest BCUT2D eigenvalue weighted by molar-refractivity contribution is -0.145. The summed E-state index contributed by atoms with van der Waals surface area (Å²) in [5.74, 6) is 0.592. The Morgan fingerprint density at radius 1 is 1.43 bits per heavy atom. The molecule has 3 rings (SSSR count). The van der Waals surface area contributed by atoms with Crippen LogP contribution in [0.2, 0.25) is 5.15 Å². The molecule has 0 radical (unpaired) electrons. The molecule has 1 saturated heterocycles. The van der Waals surface area contributed by atoms with Crippen molar-refractivity contribution in [2.45, 2.75) is 12.8 Å². The first kappa shape index (κ1) is 14.1. The van der Waals surface area contributed by atoms with E-state index in [-0.39, 0.29) is 11.9 Å². The first-order valence-electron chi connectivity index (χ1n) is 7.07. The van der Waals surface area contributed by atoms with Crippen molar-refractivity contribution in [1.82, 2.24) is 4.98 Å². The maximum atomic E-state index is 11.7. The molecular formula is C16H17ClN2O2. The number of piperidine rings is 1. The monoisotopic (exact) mass is 304 g/mol. The van der Waals surface area contributed by atoms with Crippen LogP contribution in [0.1, 0.15) is 12.8 Å². The third-order valence-corrected chi connectivity index (χ3v) is 4.25. The van der Waals surface area contributed by atoms with Crippen LogP contribution in [0.25, 0.3) is 10.8 Å². The van der Waals surface area contributed by atoms with Crippen LogP contribution in [0.3, 0.4) is 0 Å². The van der Waals surface area contributed by atoms with Gasteiger partial charge >= 0.3 is 5.97 Å². The van der Waals surface area contributed by atoms with Crippen LogP contribution in [0.15, 0.2) is 30.3 Å². The van der Waals surface area contributed by atoms with E-state index in [0.717, 1.165) is 36.0 Å². The lowest BCUT2D eigenvalue weighted by Gasteiger charge is -2.32. The summed E-state index contributed by atoms with van der Waals surface area (Å²) in [5, 5.41) is 2.51. The SMILES string of the molecule is COC(=O)[C@H]1CCCN(c2cc3ccccc3c(Cl)n2)C1. The largest absolute Gasteiger partial charge is 0.469 e. The molecule has 0 saturated carbocycles. The minimum Gasteiger partial charge on any atom is -0.469 e. The summed E-state index contributed by atoms with van der Waals surface area (Å²) in [5.41, 5.74) is 0. The number of pyridine rings is 1. The van der Waals surface area contributed by atoms with Crippen LogP contribution < -0.4 is 4.90 Å². The van der Waals surface area contributed by atoms with Crippen molar-refractivity contribution in [3.8, 4) is 0 Å². The van der Waals surface area contributed by atoms with Crippen molar-refractivity contribution in [2.24, 2.45) is 5.92 Å². The summed E-state index contributed by atoms with van der Waals surface area (Å²) >= 11 is 6.28. The van der Waals surface area contributed by atoms with Crippen LogP contribution in [0.4, 0.5) is 5.82 Å². The van der Waals surface area contributed by atoms with Crippen molar-refractivity contribution in [1.29, 1.82) is 0 Å². The first-order chi connectivity index (χ1) is 10.2. The molecule has 1 aromatic heterocycles. The minimum absolute atomic E-state index is 0.0872. The molecule has 0 spiro atoms. The minimum atomic E-state index is -0.147. The zero-order chi connectivity index (χ0) is 14.8. The van der Waals surface area contributed by atoms with Gasteiger partial charge in [-0.1, -0.05) is 35.9 Å². The van der Waals surface area contributed by atoms with Crippen molar-refractivity contribution < 1.29 is 9.53 Å². The molecule has 1 aliphatic rings. The standard InChI is InChI=1S/C16H17ClN2O2/c1-21-16(20)12-6-4-8-19(10-12)14-9-11-5-2-3-7-13(11)15(17)18-14/h2-3,5,7,9,12H,4,6,8,10H2,1H3/t12-/m0/s1. The number of anilines is 1. The number of esters is 1. The number of methoxy groups -OCH3 is 1. The number of rotatable bonds is 2. The molecule has 1 aromatic carbocycles. The predicted octanol–water partition coefficient (Wildman–Crippen LogP) is 3.28. The van der Waals surface area contributed by atoms with Crippen molar-refractivity contribution >= 4 is 34.2 Å². The molecule has 5 heteroatoms. The fourth-order valence-corrected chi connectivity index (χ4v) is 3.11. The van der Waals surface area contributed by atoms with Gasteiger partial charge in [-0.25, -0.2) is 4.98 Å².